The van der Waals surface area contributed by atoms with E-state index in [0.29, 0.717) is 6.04 Å². The average Bonchev–Trinajstić information content (AvgIpc) is 2.65. The van der Waals surface area contributed by atoms with Gasteiger partial charge in [-0.15, -0.1) is 0 Å². The van der Waals surface area contributed by atoms with Gasteiger partial charge in [-0.05, 0) is 31.4 Å². The fraction of sp³-hybridized carbons (Fsp3) is 0.667. The highest BCUT2D eigenvalue weighted by Gasteiger charge is 2.29. The summed E-state index contributed by atoms with van der Waals surface area (Å²) >= 11 is 0. The van der Waals surface area contributed by atoms with E-state index in [0.717, 1.165) is 38.5 Å². The highest BCUT2D eigenvalue weighted by molar-refractivity contribution is 5.33. The van der Waals surface area contributed by atoms with Crippen molar-refractivity contribution in [2.75, 3.05) is 26.2 Å². The van der Waals surface area contributed by atoms with E-state index in [2.05, 4.69) is 62.2 Å². The van der Waals surface area contributed by atoms with Crippen LogP contribution in [0.4, 0.5) is 0 Å². The molecule has 21 heavy (non-hydrogen) atoms. The van der Waals surface area contributed by atoms with Gasteiger partial charge in [0.1, 0.15) is 12.4 Å². The van der Waals surface area contributed by atoms with Gasteiger partial charge in [-0.2, -0.15) is 0 Å². The molecule has 0 amide bonds. The average molecular weight is 290 g/mol. The third kappa shape index (κ3) is 4.45. The monoisotopic (exact) mass is 290 g/mol. The summed E-state index contributed by atoms with van der Waals surface area (Å²) in [6.45, 7) is 14.2. The van der Waals surface area contributed by atoms with Crippen LogP contribution < -0.4 is 10.1 Å². The standard InChI is InChI=1S/C18H30N2O/c1-5-10-19-15(2)18(3,4)14-20-11-12-21-17-9-7-6-8-16(17)13-20/h6-9,15,19H,5,10-14H2,1-4H3. The minimum Gasteiger partial charge on any atom is -0.492 e. The lowest BCUT2D eigenvalue weighted by Gasteiger charge is -2.37. The summed E-state index contributed by atoms with van der Waals surface area (Å²) in [7, 11) is 0. The van der Waals surface area contributed by atoms with Gasteiger partial charge in [0, 0.05) is 31.2 Å². The lowest BCUT2D eigenvalue weighted by molar-refractivity contribution is 0.129. The predicted molar refractivity (Wildman–Crippen MR) is 88.8 cm³/mol. The second-order valence-corrected chi connectivity index (χ2v) is 6.83. The Morgan fingerprint density at radius 1 is 1.33 bits per heavy atom. The van der Waals surface area contributed by atoms with Crippen molar-refractivity contribution < 1.29 is 4.74 Å². The Kier molecular flexibility index (Phi) is 5.65. The van der Waals surface area contributed by atoms with Crippen molar-refractivity contribution in [2.24, 2.45) is 5.41 Å². The van der Waals surface area contributed by atoms with Crippen LogP contribution in [-0.2, 0) is 6.54 Å². The van der Waals surface area contributed by atoms with Crippen molar-refractivity contribution in [2.45, 2.75) is 46.7 Å². The Labute approximate surface area is 129 Å². The van der Waals surface area contributed by atoms with Gasteiger partial charge in [-0.25, -0.2) is 0 Å². The number of para-hydroxylation sites is 1. The molecule has 0 saturated carbocycles. The molecule has 1 N–H and O–H groups in total. The second-order valence-electron chi connectivity index (χ2n) is 6.83. The summed E-state index contributed by atoms with van der Waals surface area (Å²) in [6, 6.07) is 8.92. The van der Waals surface area contributed by atoms with Crippen LogP contribution in [0.15, 0.2) is 24.3 Å². The number of benzene rings is 1. The SMILES string of the molecule is CCCNC(C)C(C)(C)CN1CCOc2ccccc2C1. The van der Waals surface area contributed by atoms with Gasteiger partial charge < -0.3 is 10.1 Å². The zero-order valence-corrected chi connectivity index (χ0v) is 14.0. The Morgan fingerprint density at radius 3 is 2.86 bits per heavy atom. The van der Waals surface area contributed by atoms with Crippen LogP contribution in [0, 0.1) is 5.41 Å². The van der Waals surface area contributed by atoms with Crippen LogP contribution in [0.1, 0.15) is 39.7 Å². The number of hydrogen-bond donors (Lipinski definition) is 1. The summed E-state index contributed by atoms with van der Waals surface area (Å²) in [4.78, 5) is 2.52. The van der Waals surface area contributed by atoms with E-state index in [1.54, 1.807) is 0 Å². The number of ether oxygens (including phenoxy) is 1. The first-order valence-corrected chi connectivity index (χ1v) is 8.19. The summed E-state index contributed by atoms with van der Waals surface area (Å²) in [6.07, 6.45) is 1.19. The molecular weight excluding hydrogens is 260 g/mol. The highest BCUT2D eigenvalue weighted by atomic mass is 16.5. The predicted octanol–water partition coefficient (Wildman–Crippen LogP) is 3.30. The molecule has 3 heteroatoms. The summed E-state index contributed by atoms with van der Waals surface area (Å²) < 4.78 is 5.86. The molecule has 3 nitrogen and oxygen atoms in total. The van der Waals surface area contributed by atoms with Crippen molar-refractivity contribution in [1.29, 1.82) is 0 Å². The highest BCUT2D eigenvalue weighted by Crippen LogP contribution is 2.27. The molecule has 118 valence electrons. The molecule has 0 aliphatic carbocycles. The molecule has 1 aliphatic heterocycles. The molecule has 0 spiro atoms. The Morgan fingerprint density at radius 2 is 2.10 bits per heavy atom. The first-order chi connectivity index (χ1) is 10.0. The summed E-state index contributed by atoms with van der Waals surface area (Å²) in [5.41, 5.74) is 1.55. The third-order valence-corrected chi connectivity index (χ3v) is 4.54. The van der Waals surface area contributed by atoms with E-state index < -0.39 is 0 Å². The normalized spacial score (nSPS) is 17.7. The maximum atomic E-state index is 5.86. The van der Waals surface area contributed by atoms with E-state index in [9.17, 15) is 0 Å². The van der Waals surface area contributed by atoms with Crippen LogP contribution in [0.3, 0.4) is 0 Å². The second kappa shape index (κ2) is 7.28. The lowest BCUT2D eigenvalue weighted by Crippen LogP contribution is -2.47. The zero-order valence-electron chi connectivity index (χ0n) is 14.0. The fourth-order valence-electron chi connectivity index (χ4n) is 2.87. The Hall–Kier alpha value is -1.06. The maximum Gasteiger partial charge on any atom is 0.123 e. The number of nitrogens with one attached hydrogen (secondary N) is 1. The smallest absolute Gasteiger partial charge is 0.123 e. The van der Waals surface area contributed by atoms with Crippen LogP contribution in [-0.4, -0.2) is 37.2 Å². The molecule has 0 radical (unpaired) electrons. The lowest BCUT2D eigenvalue weighted by atomic mass is 9.84. The van der Waals surface area contributed by atoms with Gasteiger partial charge in [0.05, 0.1) is 0 Å². The first kappa shape index (κ1) is 16.3. The number of rotatable bonds is 6. The van der Waals surface area contributed by atoms with E-state index >= 15 is 0 Å². The maximum absolute atomic E-state index is 5.86. The molecule has 1 heterocycles. The van der Waals surface area contributed by atoms with Crippen molar-refractivity contribution in [3.05, 3.63) is 29.8 Å². The van der Waals surface area contributed by atoms with E-state index in [-0.39, 0.29) is 5.41 Å². The van der Waals surface area contributed by atoms with Crippen molar-refractivity contribution in [3.63, 3.8) is 0 Å². The van der Waals surface area contributed by atoms with Gasteiger partial charge in [0.2, 0.25) is 0 Å². The van der Waals surface area contributed by atoms with E-state index in [1.807, 2.05) is 0 Å². The minimum absolute atomic E-state index is 0.244. The van der Waals surface area contributed by atoms with E-state index in [1.165, 1.54) is 12.0 Å². The van der Waals surface area contributed by atoms with Gasteiger partial charge in [0.25, 0.3) is 0 Å². The summed E-state index contributed by atoms with van der Waals surface area (Å²) in [5, 5.41) is 3.64. The van der Waals surface area contributed by atoms with Crippen molar-refractivity contribution >= 4 is 0 Å². The quantitative estimate of drug-likeness (QED) is 0.870. The zero-order chi connectivity index (χ0) is 15.3. The topological polar surface area (TPSA) is 24.5 Å². The molecule has 0 saturated heterocycles. The molecule has 1 atom stereocenters. The number of fused-ring (bicyclic) bond motifs is 1. The molecular formula is C18H30N2O. The Balaban J connectivity index is 1.99. The number of nitrogens with zero attached hydrogens (tertiary/aromatic N) is 1. The van der Waals surface area contributed by atoms with E-state index in [4.69, 9.17) is 4.74 Å². The summed E-state index contributed by atoms with van der Waals surface area (Å²) in [5.74, 6) is 1.05. The van der Waals surface area contributed by atoms with Crippen molar-refractivity contribution in [3.8, 4) is 5.75 Å². The van der Waals surface area contributed by atoms with Crippen LogP contribution in [0.25, 0.3) is 0 Å². The third-order valence-electron chi connectivity index (χ3n) is 4.54. The number of hydrogen-bond acceptors (Lipinski definition) is 3. The van der Waals surface area contributed by atoms with Crippen LogP contribution >= 0.6 is 0 Å². The van der Waals surface area contributed by atoms with Crippen molar-refractivity contribution in [1.82, 2.24) is 10.2 Å². The molecule has 1 unspecified atom stereocenters. The van der Waals surface area contributed by atoms with Gasteiger partial charge in [-0.3, -0.25) is 4.90 Å². The fourth-order valence-corrected chi connectivity index (χ4v) is 2.87. The van der Waals surface area contributed by atoms with Gasteiger partial charge in [0.15, 0.2) is 0 Å². The largest absolute Gasteiger partial charge is 0.492 e. The first-order valence-electron chi connectivity index (χ1n) is 8.19. The molecule has 1 aliphatic rings. The molecule has 0 bridgehead atoms. The minimum atomic E-state index is 0.244. The van der Waals surface area contributed by atoms with Crippen LogP contribution in [0.2, 0.25) is 0 Å². The van der Waals surface area contributed by atoms with Gasteiger partial charge >= 0.3 is 0 Å². The Bertz CT molecular complexity index is 445. The molecule has 1 aromatic carbocycles. The van der Waals surface area contributed by atoms with Crippen LogP contribution in [0.5, 0.6) is 5.75 Å². The van der Waals surface area contributed by atoms with Gasteiger partial charge in [-0.1, -0.05) is 39.0 Å². The molecule has 0 fully saturated rings. The molecule has 1 aromatic rings. The molecule has 2 rings (SSSR count). The molecule has 0 aromatic heterocycles.